The minimum absolute atomic E-state index is 0.233. The molecule has 9 heteroatoms. The number of methoxy groups -OCH3 is 1. The number of Topliss-reactive ketones (excluding diaryl/α,β-unsaturated/α-hetero) is 1. The summed E-state index contributed by atoms with van der Waals surface area (Å²) in [5, 5.41) is 13.9. The first-order valence-corrected chi connectivity index (χ1v) is 11.6. The van der Waals surface area contributed by atoms with Gasteiger partial charge >= 0.3 is 11.9 Å². The van der Waals surface area contributed by atoms with Crippen LogP contribution in [0.2, 0.25) is 0 Å². The Labute approximate surface area is 197 Å². The lowest BCUT2D eigenvalue weighted by Crippen LogP contribution is -2.72. The molecule has 0 radical (unpaired) electrons. The van der Waals surface area contributed by atoms with Gasteiger partial charge in [-0.3, -0.25) is 9.59 Å². The van der Waals surface area contributed by atoms with E-state index in [2.05, 4.69) is 5.32 Å². The molecule has 2 N–H and O–H groups in total. The van der Waals surface area contributed by atoms with Crippen molar-refractivity contribution in [1.82, 2.24) is 5.32 Å². The number of amides is 1. The van der Waals surface area contributed by atoms with Crippen molar-refractivity contribution < 1.29 is 38.5 Å². The number of rotatable bonds is 2. The average Bonchev–Trinajstić information content (AvgIpc) is 2.87. The van der Waals surface area contributed by atoms with Crippen LogP contribution in [0.1, 0.15) is 54.4 Å². The number of nitrogens with one attached hydrogen (secondary N) is 1. The van der Waals surface area contributed by atoms with Crippen LogP contribution in [-0.2, 0) is 33.4 Å². The molecule has 1 saturated carbocycles. The first kappa shape index (κ1) is 23.2. The van der Waals surface area contributed by atoms with E-state index in [4.69, 9.17) is 14.2 Å². The first-order chi connectivity index (χ1) is 15.6. The van der Waals surface area contributed by atoms with Gasteiger partial charge in [0.2, 0.25) is 11.9 Å². The number of ketones is 1. The molecule has 0 aromatic carbocycles. The topological polar surface area (TPSA) is 128 Å². The number of carbonyl (C=O) groups excluding carboxylic acids is 4. The maximum absolute atomic E-state index is 13.8. The van der Waals surface area contributed by atoms with Crippen LogP contribution in [0.3, 0.4) is 0 Å². The maximum atomic E-state index is 13.8. The molecular formula is C25H31NO8. The zero-order valence-electron chi connectivity index (χ0n) is 20.5. The van der Waals surface area contributed by atoms with Gasteiger partial charge in [0.05, 0.1) is 24.2 Å². The van der Waals surface area contributed by atoms with E-state index < -0.39 is 69.3 Å². The monoisotopic (exact) mass is 473 g/mol. The number of esters is 2. The van der Waals surface area contributed by atoms with Crippen molar-refractivity contribution >= 4 is 23.6 Å². The number of aliphatic hydroxyl groups is 1. The number of allylic oxidation sites excluding steroid dienone is 2. The summed E-state index contributed by atoms with van der Waals surface area (Å²) < 4.78 is 16.7. The van der Waals surface area contributed by atoms with Crippen molar-refractivity contribution in [3.63, 3.8) is 0 Å². The number of ether oxygens (including phenoxy) is 3. The van der Waals surface area contributed by atoms with Crippen molar-refractivity contribution in [2.45, 2.75) is 77.4 Å². The maximum Gasteiger partial charge on any atom is 0.338 e. The molecule has 2 aliphatic carbocycles. The van der Waals surface area contributed by atoms with E-state index in [1.54, 1.807) is 33.8 Å². The summed E-state index contributed by atoms with van der Waals surface area (Å²) in [5.41, 5.74) is -5.60. The van der Waals surface area contributed by atoms with Crippen LogP contribution in [-0.4, -0.2) is 58.9 Å². The predicted octanol–water partition coefficient (Wildman–Crippen LogP) is 1.34. The van der Waals surface area contributed by atoms with E-state index in [0.29, 0.717) is 11.1 Å². The molecule has 6 rings (SSSR count). The Kier molecular flexibility index (Phi) is 4.35. The molecular weight excluding hydrogens is 442 g/mol. The average molecular weight is 474 g/mol. The molecule has 4 heterocycles. The van der Waals surface area contributed by atoms with E-state index in [1.165, 1.54) is 14.0 Å². The van der Waals surface area contributed by atoms with Gasteiger partial charge in [0.15, 0.2) is 11.3 Å². The molecule has 0 aromatic rings. The van der Waals surface area contributed by atoms with Crippen molar-refractivity contribution in [1.29, 1.82) is 0 Å². The zero-order valence-corrected chi connectivity index (χ0v) is 20.5. The van der Waals surface area contributed by atoms with Gasteiger partial charge in [0, 0.05) is 10.8 Å². The molecule has 0 aromatic heterocycles. The fraction of sp³-hybridized carbons (Fsp3) is 0.680. The molecule has 5 bridgehead atoms. The number of hydrogen-bond donors (Lipinski definition) is 2. The molecule has 34 heavy (non-hydrogen) atoms. The van der Waals surface area contributed by atoms with E-state index in [-0.39, 0.29) is 18.4 Å². The lowest BCUT2D eigenvalue weighted by atomic mass is 9.43. The Bertz CT molecular complexity index is 1130. The summed E-state index contributed by atoms with van der Waals surface area (Å²) in [6, 6.07) is 0. The third-order valence-corrected chi connectivity index (χ3v) is 9.28. The number of carbonyl (C=O) groups is 4. The summed E-state index contributed by atoms with van der Waals surface area (Å²) in [4.78, 5) is 53.9. The summed E-state index contributed by atoms with van der Waals surface area (Å²) >= 11 is 0. The van der Waals surface area contributed by atoms with Crippen molar-refractivity contribution in [2.75, 3.05) is 7.11 Å². The van der Waals surface area contributed by atoms with Gasteiger partial charge in [-0.1, -0.05) is 25.5 Å². The molecule has 0 spiro atoms. The minimum Gasteiger partial charge on any atom is -0.465 e. The summed E-state index contributed by atoms with van der Waals surface area (Å²) in [6.07, 6.45) is 1.24. The second kappa shape index (κ2) is 6.37. The van der Waals surface area contributed by atoms with Gasteiger partial charge in [-0.15, -0.1) is 0 Å². The molecule has 5 fully saturated rings. The summed E-state index contributed by atoms with van der Waals surface area (Å²) in [5.74, 6) is -3.50. The van der Waals surface area contributed by atoms with E-state index in [9.17, 15) is 24.3 Å². The SMILES string of the molecule is COC(=O)C1=C(C)[C@H]2C[C@]3(C)C(=O)[C@@]4(C)O[C@@H]5OC(=O)[C@](NC4=O)([C@@H]53)[C@]2(C)CC=C1C(C)(C)O. The number of hydrogen-bond acceptors (Lipinski definition) is 8. The highest BCUT2D eigenvalue weighted by atomic mass is 16.7. The minimum atomic E-state index is -1.78. The van der Waals surface area contributed by atoms with Crippen molar-refractivity contribution in [2.24, 2.45) is 22.7 Å². The Morgan fingerprint density at radius 2 is 1.88 bits per heavy atom. The molecule has 1 amide bonds. The molecule has 184 valence electrons. The zero-order chi connectivity index (χ0) is 25.2. The lowest BCUT2D eigenvalue weighted by molar-refractivity contribution is -0.240. The van der Waals surface area contributed by atoms with Crippen LogP contribution in [0, 0.1) is 22.7 Å². The summed E-state index contributed by atoms with van der Waals surface area (Å²) in [6.45, 7) is 10.0. The Balaban J connectivity index is 1.85. The second-order valence-corrected chi connectivity index (χ2v) is 11.5. The van der Waals surface area contributed by atoms with Crippen molar-refractivity contribution in [3.8, 4) is 0 Å². The largest absolute Gasteiger partial charge is 0.465 e. The van der Waals surface area contributed by atoms with Crippen LogP contribution in [0.25, 0.3) is 0 Å². The highest BCUT2D eigenvalue weighted by Crippen LogP contribution is 2.70. The van der Waals surface area contributed by atoms with Crippen LogP contribution < -0.4 is 5.32 Å². The van der Waals surface area contributed by atoms with E-state index >= 15 is 0 Å². The van der Waals surface area contributed by atoms with Crippen LogP contribution in [0.15, 0.2) is 22.8 Å². The second-order valence-electron chi connectivity index (χ2n) is 11.5. The highest BCUT2D eigenvalue weighted by molar-refractivity contribution is 6.15. The quantitative estimate of drug-likeness (QED) is 0.454. The molecule has 9 nitrogen and oxygen atoms in total. The van der Waals surface area contributed by atoms with Gasteiger partial charge in [-0.2, -0.15) is 0 Å². The van der Waals surface area contributed by atoms with Gasteiger partial charge in [-0.05, 0) is 52.0 Å². The van der Waals surface area contributed by atoms with Gasteiger partial charge in [0.25, 0.3) is 5.91 Å². The molecule has 4 aliphatic heterocycles. The van der Waals surface area contributed by atoms with Gasteiger partial charge < -0.3 is 24.6 Å². The normalized spacial score (nSPS) is 45.1. The fourth-order valence-corrected chi connectivity index (χ4v) is 7.56. The van der Waals surface area contributed by atoms with Crippen LogP contribution in [0.4, 0.5) is 0 Å². The van der Waals surface area contributed by atoms with Crippen molar-refractivity contribution in [3.05, 3.63) is 22.8 Å². The van der Waals surface area contributed by atoms with E-state index in [1.807, 2.05) is 6.92 Å². The lowest BCUT2D eigenvalue weighted by Gasteiger charge is -2.60. The molecule has 0 unspecified atom stereocenters. The standard InChI is InChI=1S/C25H31NO8/c1-11-13-10-22(4)15-17-33-20(30)25(15,26-19(29)24(6,34-17)18(22)28)23(13,5)9-8-12(21(2,3)31)14(11)16(27)32-7/h8,13,15,17,31H,9-10H2,1-7H3,(H,26,29)/t13-,15+,17+,22+,23-,24-,25-/m1/s1. The number of fused-ring (bicyclic) bond motifs is 2. The van der Waals surface area contributed by atoms with Crippen LogP contribution in [0.5, 0.6) is 0 Å². The van der Waals surface area contributed by atoms with Crippen LogP contribution >= 0.6 is 0 Å². The smallest absolute Gasteiger partial charge is 0.338 e. The third kappa shape index (κ3) is 2.32. The molecule has 6 aliphatic rings. The first-order valence-electron chi connectivity index (χ1n) is 11.6. The third-order valence-electron chi connectivity index (χ3n) is 9.28. The van der Waals surface area contributed by atoms with Gasteiger partial charge in [-0.25, -0.2) is 9.59 Å². The summed E-state index contributed by atoms with van der Waals surface area (Å²) in [7, 11) is 1.27. The van der Waals surface area contributed by atoms with Gasteiger partial charge in [0.1, 0.15) is 0 Å². The Morgan fingerprint density at radius 3 is 2.47 bits per heavy atom. The highest BCUT2D eigenvalue weighted by Gasteiger charge is 2.84. The Hall–Kier alpha value is -2.52. The predicted molar refractivity (Wildman–Crippen MR) is 117 cm³/mol. The molecule has 7 atom stereocenters. The Morgan fingerprint density at radius 1 is 1.24 bits per heavy atom. The van der Waals surface area contributed by atoms with E-state index in [0.717, 1.165) is 0 Å². The molecule has 4 saturated heterocycles. The fourth-order valence-electron chi connectivity index (χ4n) is 7.56.